The average molecular weight is 224 g/mol. The molecule has 2 fully saturated rings. The third-order valence-corrected chi connectivity index (χ3v) is 4.32. The Hall–Kier alpha value is -0.570. The van der Waals surface area contributed by atoms with Crippen LogP contribution >= 0.6 is 0 Å². The van der Waals surface area contributed by atoms with Crippen LogP contribution in [0.4, 0.5) is 0 Å². The molecule has 1 amide bonds. The third kappa shape index (κ3) is 2.24. The van der Waals surface area contributed by atoms with Gasteiger partial charge in [0.2, 0.25) is 5.91 Å². The van der Waals surface area contributed by atoms with Crippen molar-refractivity contribution in [3.8, 4) is 0 Å². The molecule has 3 nitrogen and oxygen atoms in total. The number of carbonyl (C=O) groups is 1. The van der Waals surface area contributed by atoms with Crippen molar-refractivity contribution < 1.29 is 4.79 Å². The number of amides is 1. The van der Waals surface area contributed by atoms with E-state index in [0.717, 1.165) is 26.1 Å². The minimum absolute atomic E-state index is 0.228. The van der Waals surface area contributed by atoms with Crippen LogP contribution < -0.4 is 5.32 Å². The maximum absolute atomic E-state index is 12.3. The van der Waals surface area contributed by atoms with E-state index in [1.54, 1.807) is 0 Å². The van der Waals surface area contributed by atoms with Gasteiger partial charge in [0.25, 0.3) is 0 Å². The zero-order valence-corrected chi connectivity index (χ0v) is 10.7. The van der Waals surface area contributed by atoms with Gasteiger partial charge in [-0.2, -0.15) is 0 Å². The summed E-state index contributed by atoms with van der Waals surface area (Å²) < 4.78 is 0. The standard InChI is InChI=1S/C13H24N2O/c1-9(2)11-5-7-15(8-11)13(16)12-4-6-14-10(12)3/h9-12,14H,4-8H2,1-3H3. The van der Waals surface area contributed by atoms with Crippen LogP contribution in [0.3, 0.4) is 0 Å². The van der Waals surface area contributed by atoms with Crippen LogP contribution in [0.15, 0.2) is 0 Å². The summed E-state index contributed by atoms with van der Waals surface area (Å²) in [6.07, 6.45) is 2.21. The van der Waals surface area contributed by atoms with E-state index in [-0.39, 0.29) is 5.92 Å². The fraction of sp³-hybridized carbons (Fsp3) is 0.923. The lowest BCUT2D eigenvalue weighted by Gasteiger charge is -2.23. The summed E-state index contributed by atoms with van der Waals surface area (Å²) in [4.78, 5) is 14.4. The van der Waals surface area contributed by atoms with Gasteiger partial charge in [0.1, 0.15) is 0 Å². The summed E-state index contributed by atoms with van der Waals surface area (Å²) in [5, 5.41) is 3.36. The first-order chi connectivity index (χ1) is 7.59. The van der Waals surface area contributed by atoms with E-state index in [9.17, 15) is 4.79 Å². The molecule has 0 aromatic carbocycles. The van der Waals surface area contributed by atoms with Gasteiger partial charge in [0, 0.05) is 19.1 Å². The first-order valence-electron chi connectivity index (χ1n) is 6.61. The molecule has 2 saturated heterocycles. The minimum atomic E-state index is 0.228. The fourth-order valence-electron chi connectivity index (χ4n) is 2.96. The van der Waals surface area contributed by atoms with E-state index in [1.807, 2.05) is 0 Å². The largest absolute Gasteiger partial charge is 0.342 e. The highest BCUT2D eigenvalue weighted by Gasteiger charge is 2.36. The van der Waals surface area contributed by atoms with Crippen molar-refractivity contribution in [3.05, 3.63) is 0 Å². The number of nitrogens with one attached hydrogen (secondary N) is 1. The summed E-state index contributed by atoms with van der Waals surface area (Å²) in [5.41, 5.74) is 0. The van der Waals surface area contributed by atoms with Gasteiger partial charge in [0.15, 0.2) is 0 Å². The summed E-state index contributed by atoms with van der Waals surface area (Å²) in [6.45, 7) is 9.62. The number of hydrogen-bond acceptors (Lipinski definition) is 2. The Morgan fingerprint density at radius 3 is 2.62 bits per heavy atom. The van der Waals surface area contributed by atoms with Crippen LogP contribution in [0.1, 0.15) is 33.6 Å². The van der Waals surface area contributed by atoms with Crippen molar-refractivity contribution in [1.82, 2.24) is 10.2 Å². The molecule has 0 radical (unpaired) electrons. The first-order valence-corrected chi connectivity index (χ1v) is 6.61. The van der Waals surface area contributed by atoms with Gasteiger partial charge in [0.05, 0.1) is 5.92 Å². The van der Waals surface area contributed by atoms with E-state index in [0.29, 0.717) is 23.8 Å². The molecule has 0 bridgehead atoms. The average Bonchev–Trinajstić information content (AvgIpc) is 2.84. The van der Waals surface area contributed by atoms with Crippen molar-refractivity contribution in [2.75, 3.05) is 19.6 Å². The quantitative estimate of drug-likeness (QED) is 0.770. The van der Waals surface area contributed by atoms with Gasteiger partial charge in [-0.1, -0.05) is 13.8 Å². The molecule has 2 aliphatic rings. The molecule has 3 heteroatoms. The molecule has 92 valence electrons. The van der Waals surface area contributed by atoms with Gasteiger partial charge >= 0.3 is 0 Å². The van der Waals surface area contributed by atoms with Crippen molar-refractivity contribution in [1.29, 1.82) is 0 Å². The molecule has 0 aliphatic carbocycles. The van der Waals surface area contributed by atoms with Gasteiger partial charge in [-0.3, -0.25) is 4.79 Å². The molecule has 2 aliphatic heterocycles. The van der Waals surface area contributed by atoms with Crippen LogP contribution in [0.2, 0.25) is 0 Å². The van der Waals surface area contributed by atoms with Crippen molar-refractivity contribution in [2.24, 2.45) is 17.8 Å². The van der Waals surface area contributed by atoms with Crippen LogP contribution in [-0.2, 0) is 4.79 Å². The molecule has 16 heavy (non-hydrogen) atoms. The zero-order chi connectivity index (χ0) is 11.7. The number of likely N-dealkylation sites (tertiary alicyclic amines) is 1. The molecule has 0 aromatic heterocycles. The van der Waals surface area contributed by atoms with E-state index in [2.05, 4.69) is 31.0 Å². The molecular formula is C13H24N2O. The topological polar surface area (TPSA) is 32.3 Å². The lowest BCUT2D eigenvalue weighted by Crippen LogP contribution is -2.39. The second-order valence-corrected chi connectivity index (χ2v) is 5.71. The van der Waals surface area contributed by atoms with E-state index in [4.69, 9.17) is 0 Å². The van der Waals surface area contributed by atoms with E-state index < -0.39 is 0 Å². The first kappa shape index (κ1) is 11.9. The molecule has 2 heterocycles. The summed E-state index contributed by atoms with van der Waals surface area (Å²) in [6, 6.07) is 0.366. The smallest absolute Gasteiger partial charge is 0.227 e. The number of rotatable bonds is 2. The van der Waals surface area contributed by atoms with Gasteiger partial charge in [-0.05, 0) is 38.1 Å². The van der Waals surface area contributed by atoms with E-state index >= 15 is 0 Å². The predicted molar refractivity (Wildman–Crippen MR) is 65.1 cm³/mol. The predicted octanol–water partition coefficient (Wildman–Crippen LogP) is 1.49. The molecule has 1 N–H and O–H groups in total. The molecular weight excluding hydrogens is 200 g/mol. The maximum atomic E-state index is 12.3. The van der Waals surface area contributed by atoms with Gasteiger partial charge in [-0.25, -0.2) is 0 Å². The lowest BCUT2D eigenvalue weighted by atomic mass is 9.95. The van der Waals surface area contributed by atoms with Crippen molar-refractivity contribution in [2.45, 2.75) is 39.7 Å². The SMILES string of the molecule is CC(C)C1CCN(C(=O)C2CCNC2C)C1. The summed E-state index contributed by atoms with van der Waals surface area (Å²) >= 11 is 0. The van der Waals surface area contributed by atoms with Gasteiger partial charge < -0.3 is 10.2 Å². The Morgan fingerprint density at radius 1 is 1.38 bits per heavy atom. The summed E-state index contributed by atoms with van der Waals surface area (Å²) in [7, 11) is 0. The van der Waals surface area contributed by atoms with E-state index in [1.165, 1.54) is 6.42 Å². The Bertz CT molecular complexity index is 265. The Morgan fingerprint density at radius 2 is 2.12 bits per heavy atom. The highest BCUT2D eigenvalue weighted by Crippen LogP contribution is 2.27. The Labute approximate surface area is 98.6 Å². The molecule has 2 rings (SSSR count). The second-order valence-electron chi connectivity index (χ2n) is 5.71. The van der Waals surface area contributed by atoms with Crippen LogP contribution in [0.25, 0.3) is 0 Å². The normalized spacial score (nSPS) is 35.0. The zero-order valence-electron chi connectivity index (χ0n) is 10.7. The van der Waals surface area contributed by atoms with Crippen molar-refractivity contribution >= 4 is 5.91 Å². The van der Waals surface area contributed by atoms with Crippen LogP contribution in [-0.4, -0.2) is 36.5 Å². The second kappa shape index (κ2) is 4.74. The molecule has 3 atom stereocenters. The molecule has 0 saturated carbocycles. The minimum Gasteiger partial charge on any atom is -0.342 e. The number of nitrogens with zero attached hydrogens (tertiary/aromatic N) is 1. The highest BCUT2D eigenvalue weighted by molar-refractivity contribution is 5.80. The molecule has 3 unspecified atom stereocenters. The highest BCUT2D eigenvalue weighted by atomic mass is 16.2. The van der Waals surface area contributed by atoms with Crippen molar-refractivity contribution in [3.63, 3.8) is 0 Å². The number of carbonyl (C=O) groups excluding carboxylic acids is 1. The fourth-order valence-corrected chi connectivity index (χ4v) is 2.96. The summed E-state index contributed by atoms with van der Waals surface area (Å²) in [5.74, 6) is 2.04. The molecule has 0 aromatic rings. The van der Waals surface area contributed by atoms with Crippen LogP contribution in [0, 0.1) is 17.8 Å². The maximum Gasteiger partial charge on any atom is 0.227 e. The monoisotopic (exact) mass is 224 g/mol. The number of hydrogen-bond donors (Lipinski definition) is 1. The molecule has 0 spiro atoms. The third-order valence-electron chi connectivity index (χ3n) is 4.32. The Balaban J connectivity index is 1.91. The lowest BCUT2D eigenvalue weighted by molar-refractivity contribution is -0.134. The Kier molecular flexibility index (Phi) is 3.53. The van der Waals surface area contributed by atoms with Crippen LogP contribution in [0.5, 0.6) is 0 Å². The van der Waals surface area contributed by atoms with Gasteiger partial charge in [-0.15, -0.1) is 0 Å².